The van der Waals surface area contributed by atoms with E-state index in [9.17, 15) is 0 Å². The molecule has 112 valence electrons. The van der Waals surface area contributed by atoms with Crippen LogP contribution in [0.3, 0.4) is 0 Å². The summed E-state index contributed by atoms with van der Waals surface area (Å²) in [6.45, 7) is 6.61. The quantitative estimate of drug-likeness (QED) is 0.193. The molecule has 0 saturated heterocycles. The molecule has 0 aromatic carbocycles. The molecule has 0 bridgehead atoms. The van der Waals surface area contributed by atoms with Crippen LogP contribution in [-0.4, -0.2) is 24.0 Å². The molecule has 0 saturated carbocycles. The van der Waals surface area contributed by atoms with Gasteiger partial charge in [0.25, 0.3) is 0 Å². The van der Waals surface area contributed by atoms with Gasteiger partial charge in [-0.05, 0) is 19.8 Å². The van der Waals surface area contributed by atoms with Gasteiger partial charge >= 0.3 is 0 Å². The summed E-state index contributed by atoms with van der Waals surface area (Å²) in [5.74, 6) is 0. The summed E-state index contributed by atoms with van der Waals surface area (Å²) in [4.78, 5) is 0. The normalized spacial score (nSPS) is 14.0. The molecule has 19 heavy (non-hydrogen) atoms. The molecule has 1 unspecified atom stereocenters. The molecular formula is C16H33N2S+. The summed E-state index contributed by atoms with van der Waals surface area (Å²) in [7, 11) is 2.17. The third-order valence-corrected chi connectivity index (χ3v) is 4.88. The SMILES string of the molecule is CCCCCCCCCCCC[N+](C)(CC)SC#N. The van der Waals surface area contributed by atoms with Crippen molar-refractivity contribution < 1.29 is 3.89 Å². The topological polar surface area (TPSA) is 23.8 Å². The Morgan fingerprint density at radius 3 is 1.74 bits per heavy atom. The van der Waals surface area contributed by atoms with Gasteiger partial charge in [-0.1, -0.05) is 58.3 Å². The van der Waals surface area contributed by atoms with Crippen molar-refractivity contribution in [2.75, 3.05) is 20.1 Å². The minimum absolute atomic E-state index is 0.841. The molecule has 2 nitrogen and oxygen atoms in total. The van der Waals surface area contributed by atoms with Crippen LogP contribution >= 0.6 is 11.9 Å². The Balaban J connectivity index is 3.33. The largest absolute Gasteiger partial charge is 0.251 e. The first kappa shape index (κ1) is 18.8. The van der Waals surface area contributed by atoms with Gasteiger partial charge in [0, 0.05) is 0 Å². The van der Waals surface area contributed by atoms with Gasteiger partial charge in [0.15, 0.2) is 17.3 Å². The lowest BCUT2D eigenvalue weighted by atomic mass is 10.1. The van der Waals surface area contributed by atoms with E-state index < -0.39 is 0 Å². The van der Waals surface area contributed by atoms with E-state index >= 15 is 0 Å². The molecule has 0 heterocycles. The summed E-state index contributed by atoms with van der Waals surface area (Å²) in [5, 5.41) is 11.0. The van der Waals surface area contributed by atoms with Gasteiger partial charge in [-0.25, -0.2) is 0 Å². The van der Waals surface area contributed by atoms with E-state index in [0.717, 1.165) is 17.0 Å². The predicted octanol–water partition coefficient (Wildman–Crippen LogP) is 5.50. The van der Waals surface area contributed by atoms with Crippen LogP contribution in [-0.2, 0) is 0 Å². The Morgan fingerprint density at radius 2 is 1.32 bits per heavy atom. The summed E-state index contributed by atoms with van der Waals surface area (Å²) in [6.07, 6.45) is 13.8. The maximum absolute atomic E-state index is 8.79. The van der Waals surface area contributed by atoms with E-state index in [4.69, 9.17) is 5.26 Å². The highest BCUT2D eigenvalue weighted by atomic mass is 32.2. The monoisotopic (exact) mass is 285 g/mol. The second-order valence-electron chi connectivity index (χ2n) is 5.70. The van der Waals surface area contributed by atoms with Crippen molar-refractivity contribution in [2.24, 2.45) is 0 Å². The maximum Gasteiger partial charge on any atom is 0.196 e. The van der Waals surface area contributed by atoms with Crippen molar-refractivity contribution in [3.05, 3.63) is 0 Å². The molecule has 0 aliphatic heterocycles. The van der Waals surface area contributed by atoms with Crippen LogP contribution in [0.15, 0.2) is 0 Å². The van der Waals surface area contributed by atoms with Crippen LogP contribution in [0.5, 0.6) is 0 Å². The number of nitriles is 1. The van der Waals surface area contributed by atoms with E-state index in [1.807, 2.05) is 0 Å². The lowest BCUT2D eigenvalue weighted by Crippen LogP contribution is -2.36. The molecule has 1 atom stereocenters. The highest BCUT2D eigenvalue weighted by Crippen LogP contribution is 2.20. The zero-order chi connectivity index (χ0) is 14.4. The number of quaternary nitrogens is 1. The van der Waals surface area contributed by atoms with Gasteiger partial charge in [-0.3, -0.25) is 3.89 Å². The van der Waals surface area contributed by atoms with Crippen molar-refractivity contribution in [3.8, 4) is 5.40 Å². The summed E-state index contributed by atoms with van der Waals surface area (Å²) in [6, 6.07) is 0. The van der Waals surface area contributed by atoms with Crippen molar-refractivity contribution in [2.45, 2.75) is 78.1 Å². The van der Waals surface area contributed by atoms with E-state index in [2.05, 4.69) is 26.3 Å². The number of nitrogens with zero attached hydrogens (tertiary/aromatic N) is 2. The second kappa shape index (κ2) is 12.8. The smallest absolute Gasteiger partial charge is 0.196 e. The zero-order valence-electron chi connectivity index (χ0n) is 13.3. The standard InChI is InChI=1S/C16H33N2S/c1-4-6-7-8-9-10-11-12-13-14-15-18(3,5-2)19-16-17/h4-15H2,1-3H3/q+1. The van der Waals surface area contributed by atoms with Crippen molar-refractivity contribution in [1.82, 2.24) is 0 Å². The fourth-order valence-corrected chi connectivity index (χ4v) is 2.85. The van der Waals surface area contributed by atoms with Crippen LogP contribution in [0.2, 0.25) is 0 Å². The van der Waals surface area contributed by atoms with Crippen LogP contribution in [0.4, 0.5) is 0 Å². The van der Waals surface area contributed by atoms with Crippen molar-refractivity contribution >= 4 is 11.9 Å². The van der Waals surface area contributed by atoms with E-state index in [-0.39, 0.29) is 0 Å². The van der Waals surface area contributed by atoms with Gasteiger partial charge in [-0.2, -0.15) is 5.26 Å². The third-order valence-electron chi connectivity index (χ3n) is 3.91. The Kier molecular flexibility index (Phi) is 12.7. The fraction of sp³-hybridized carbons (Fsp3) is 0.938. The Labute approximate surface area is 125 Å². The number of hydrogen-bond acceptors (Lipinski definition) is 2. The average Bonchev–Trinajstić information content (AvgIpc) is 2.41. The second-order valence-corrected chi connectivity index (χ2v) is 6.95. The van der Waals surface area contributed by atoms with Gasteiger partial charge in [0.05, 0.1) is 20.1 Å². The minimum atomic E-state index is 0.841. The molecule has 0 aromatic heterocycles. The van der Waals surface area contributed by atoms with Gasteiger partial charge < -0.3 is 0 Å². The van der Waals surface area contributed by atoms with E-state index in [0.29, 0.717) is 0 Å². The average molecular weight is 286 g/mol. The summed E-state index contributed by atoms with van der Waals surface area (Å²) >= 11 is 1.40. The molecule has 0 fully saturated rings. The first-order chi connectivity index (χ1) is 9.18. The fourth-order valence-electron chi connectivity index (χ4n) is 2.30. The molecule has 0 N–H and O–H groups in total. The molecule has 0 aliphatic carbocycles. The molecule has 3 heteroatoms. The summed E-state index contributed by atoms with van der Waals surface area (Å²) < 4.78 is 0.841. The molecular weight excluding hydrogens is 252 g/mol. The number of thiocyanates is 1. The maximum atomic E-state index is 8.79. The molecule has 0 rings (SSSR count). The zero-order valence-corrected chi connectivity index (χ0v) is 14.1. The van der Waals surface area contributed by atoms with Gasteiger partial charge in [0.1, 0.15) is 0 Å². The highest BCUT2D eigenvalue weighted by molar-refractivity contribution is 7.98. The molecule has 0 radical (unpaired) electrons. The summed E-state index contributed by atoms with van der Waals surface area (Å²) in [5.41, 5.74) is 0. The van der Waals surface area contributed by atoms with Crippen LogP contribution < -0.4 is 0 Å². The molecule has 0 aliphatic rings. The van der Waals surface area contributed by atoms with Gasteiger partial charge in [0.2, 0.25) is 0 Å². The first-order valence-corrected chi connectivity index (χ1v) is 8.88. The van der Waals surface area contributed by atoms with Gasteiger partial charge in [-0.15, -0.1) is 0 Å². The third kappa shape index (κ3) is 11.3. The van der Waals surface area contributed by atoms with Crippen LogP contribution in [0, 0.1) is 10.7 Å². The molecule has 0 amide bonds. The first-order valence-electron chi connectivity index (χ1n) is 8.10. The Bertz CT molecular complexity index is 237. The van der Waals surface area contributed by atoms with Crippen LogP contribution in [0.25, 0.3) is 0 Å². The Hall–Kier alpha value is -0.200. The van der Waals surface area contributed by atoms with Crippen LogP contribution in [0.1, 0.15) is 78.1 Å². The van der Waals surface area contributed by atoms with E-state index in [1.165, 1.54) is 76.2 Å². The van der Waals surface area contributed by atoms with E-state index in [1.54, 1.807) is 0 Å². The molecule has 0 aromatic rings. The van der Waals surface area contributed by atoms with Crippen molar-refractivity contribution in [3.63, 3.8) is 0 Å². The molecule has 0 spiro atoms. The Morgan fingerprint density at radius 1 is 0.842 bits per heavy atom. The highest BCUT2D eigenvalue weighted by Gasteiger charge is 2.20. The number of hydrogen-bond donors (Lipinski definition) is 0. The lowest BCUT2D eigenvalue weighted by Gasteiger charge is -2.27. The van der Waals surface area contributed by atoms with Crippen molar-refractivity contribution in [1.29, 1.82) is 5.26 Å². The minimum Gasteiger partial charge on any atom is -0.251 e. The predicted molar refractivity (Wildman–Crippen MR) is 86.6 cm³/mol. The number of rotatable bonds is 13. The number of unbranched alkanes of at least 4 members (excludes halogenated alkanes) is 9. The lowest BCUT2D eigenvalue weighted by molar-refractivity contribution is -0.770.